The predicted octanol–water partition coefficient (Wildman–Crippen LogP) is 5.00. The topological polar surface area (TPSA) is 70.1 Å². The summed E-state index contributed by atoms with van der Waals surface area (Å²) in [6.45, 7) is 9.54. The van der Waals surface area contributed by atoms with Crippen LogP contribution in [0.5, 0.6) is 5.75 Å². The zero-order chi connectivity index (χ0) is 24.0. The number of hydrogen-bond donors (Lipinski definition) is 1. The molecule has 1 heterocycles. The Bertz CT molecular complexity index is 998. The van der Waals surface area contributed by atoms with Gasteiger partial charge in [-0.15, -0.1) is 0 Å². The van der Waals surface area contributed by atoms with Crippen LogP contribution in [0.3, 0.4) is 0 Å². The number of aliphatic hydroxyl groups excluding tert-OH is 1. The monoisotopic (exact) mass is 514 g/mol. The Balaban J connectivity index is 2.04. The molecule has 0 spiro atoms. The molecule has 0 aliphatic carbocycles. The highest BCUT2D eigenvalue weighted by Crippen LogP contribution is 2.39. The maximum atomic E-state index is 13.1. The van der Waals surface area contributed by atoms with Gasteiger partial charge < -0.3 is 19.6 Å². The molecule has 1 saturated heterocycles. The van der Waals surface area contributed by atoms with Gasteiger partial charge in [0.05, 0.1) is 18.2 Å². The maximum Gasteiger partial charge on any atom is 0.295 e. The lowest BCUT2D eigenvalue weighted by molar-refractivity contribution is -0.140. The summed E-state index contributed by atoms with van der Waals surface area (Å²) in [4.78, 5) is 30.0. The number of nitrogens with zero attached hydrogens (tertiary/aromatic N) is 2. The van der Waals surface area contributed by atoms with Gasteiger partial charge in [-0.3, -0.25) is 9.59 Å². The number of rotatable bonds is 10. The van der Waals surface area contributed by atoms with Gasteiger partial charge in [0.1, 0.15) is 11.5 Å². The third kappa shape index (κ3) is 5.65. The molecule has 1 aliphatic heterocycles. The van der Waals surface area contributed by atoms with Crippen LogP contribution in [0.4, 0.5) is 0 Å². The van der Waals surface area contributed by atoms with Gasteiger partial charge in [-0.25, -0.2) is 0 Å². The van der Waals surface area contributed by atoms with Crippen LogP contribution in [0, 0.1) is 0 Å². The minimum Gasteiger partial charge on any atom is -0.507 e. The average molecular weight is 515 g/mol. The standard InChI is InChI=1S/C26H31BrN2O4/c1-4-17-33-21-13-9-18(10-14-21)23-22(24(30)19-7-11-20(27)12-8-19)25(31)26(32)29(23)16-15-28(5-2)6-3/h7-14,23,30H,4-6,15-17H2,1-3H3/b24-22-. The van der Waals surface area contributed by atoms with Gasteiger partial charge in [-0.05, 0) is 49.3 Å². The molecule has 0 radical (unpaired) electrons. The van der Waals surface area contributed by atoms with E-state index in [1.807, 2.05) is 31.2 Å². The summed E-state index contributed by atoms with van der Waals surface area (Å²) >= 11 is 3.39. The normalized spacial score (nSPS) is 17.7. The molecule has 3 rings (SSSR count). The van der Waals surface area contributed by atoms with Gasteiger partial charge in [-0.2, -0.15) is 0 Å². The van der Waals surface area contributed by atoms with Gasteiger partial charge in [0, 0.05) is 23.1 Å². The number of ketones is 1. The summed E-state index contributed by atoms with van der Waals surface area (Å²) < 4.78 is 6.54. The largest absolute Gasteiger partial charge is 0.507 e. The van der Waals surface area contributed by atoms with Gasteiger partial charge in [0.2, 0.25) is 0 Å². The van der Waals surface area contributed by atoms with Crippen molar-refractivity contribution in [2.75, 3.05) is 32.8 Å². The molecule has 7 heteroatoms. The second kappa shape index (κ2) is 11.5. The molecular formula is C26H31BrN2O4. The van der Waals surface area contributed by atoms with Crippen molar-refractivity contribution in [3.63, 3.8) is 0 Å². The van der Waals surface area contributed by atoms with E-state index in [-0.39, 0.29) is 11.3 Å². The van der Waals surface area contributed by atoms with Gasteiger partial charge in [-0.1, -0.05) is 61.0 Å². The molecule has 6 nitrogen and oxygen atoms in total. The van der Waals surface area contributed by atoms with Crippen LogP contribution in [0.1, 0.15) is 44.4 Å². The third-order valence-electron chi connectivity index (χ3n) is 5.88. The predicted molar refractivity (Wildman–Crippen MR) is 133 cm³/mol. The van der Waals surface area contributed by atoms with Gasteiger partial charge >= 0.3 is 0 Å². The molecule has 2 aromatic carbocycles. The van der Waals surface area contributed by atoms with E-state index in [2.05, 4.69) is 34.7 Å². The number of benzene rings is 2. The Morgan fingerprint density at radius 3 is 2.24 bits per heavy atom. The molecular weight excluding hydrogens is 484 g/mol. The first-order valence-electron chi connectivity index (χ1n) is 11.4. The van der Waals surface area contributed by atoms with E-state index >= 15 is 0 Å². The number of amides is 1. The van der Waals surface area contributed by atoms with Crippen LogP contribution in [0.25, 0.3) is 5.76 Å². The molecule has 1 aliphatic rings. The van der Waals surface area contributed by atoms with Crippen molar-refractivity contribution in [3.05, 3.63) is 69.7 Å². The smallest absolute Gasteiger partial charge is 0.295 e. The van der Waals surface area contributed by atoms with Crippen LogP contribution in [-0.4, -0.2) is 59.4 Å². The van der Waals surface area contributed by atoms with Gasteiger partial charge in [0.25, 0.3) is 11.7 Å². The number of carbonyl (C=O) groups excluding carboxylic acids is 2. The van der Waals surface area contributed by atoms with Crippen LogP contribution < -0.4 is 4.74 Å². The molecule has 33 heavy (non-hydrogen) atoms. The molecule has 1 fully saturated rings. The Hall–Kier alpha value is -2.64. The fourth-order valence-electron chi connectivity index (χ4n) is 3.98. The first-order valence-corrected chi connectivity index (χ1v) is 12.2. The molecule has 2 aromatic rings. The molecule has 0 saturated carbocycles. The fraction of sp³-hybridized carbons (Fsp3) is 0.385. The Morgan fingerprint density at radius 1 is 1.03 bits per heavy atom. The SMILES string of the molecule is CCCOc1ccc(C2/C(=C(/O)c3ccc(Br)cc3)C(=O)C(=O)N2CCN(CC)CC)cc1. The van der Waals surface area contributed by atoms with E-state index in [9.17, 15) is 14.7 Å². The lowest BCUT2D eigenvalue weighted by Crippen LogP contribution is -2.38. The number of carbonyl (C=O) groups is 2. The number of hydrogen-bond acceptors (Lipinski definition) is 5. The number of likely N-dealkylation sites (N-methyl/N-ethyl adjacent to an activating group) is 1. The van der Waals surface area contributed by atoms with Crippen LogP contribution in [0.2, 0.25) is 0 Å². The van der Waals surface area contributed by atoms with Crippen molar-refractivity contribution >= 4 is 33.4 Å². The van der Waals surface area contributed by atoms with E-state index in [1.54, 1.807) is 29.2 Å². The summed E-state index contributed by atoms with van der Waals surface area (Å²) in [5.41, 5.74) is 1.37. The van der Waals surface area contributed by atoms with Crippen LogP contribution in [0.15, 0.2) is 58.6 Å². The van der Waals surface area contributed by atoms with E-state index in [1.165, 1.54) is 0 Å². The lowest BCUT2D eigenvalue weighted by Gasteiger charge is -2.28. The summed E-state index contributed by atoms with van der Waals surface area (Å²) in [6, 6.07) is 13.8. The molecule has 0 bridgehead atoms. The highest BCUT2D eigenvalue weighted by molar-refractivity contribution is 9.10. The van der Waals surface area contributed by atoms with E-state index in [0.29, 0.717) is 25.3 Å². The van der Waals surface area contributed by atoms with E-state index in [4.69, 9.17) is 4.74 Å². The molecule has 1 unspecified atom stereocenters. The first kappa shape index (κ1) is 25.0. The first-order chi connectivity index (χ1) is 15.9. The highest BCUT2D eigenvalue weighted by atomic mass is 79.9. The van der Waals surface area contributed by atoms with Crippen LogP contribution >= 0.6 is 15.9 Å². The maximum absolute atomic E-state index is 13.1. The lowest BCUT2D eigenvalue weighted by atomic mass is 9.95. The van der Waals surface area contributed by atoms with E-state index < -0.39 is 17.7 Å². The number of Topliss-reactive ketones (excluding diaryl/α,β-unsaturated/α-hetero) is 1. The Kier molecular flexibility index (Phi) is 8.69. The van der Waals surface area contributed by atoms with Gasteiger partial charge in [0.15, 0.2) is 0 Å². The number of likely N-dealkylation sites (tertiary alicyclic amines) is 1. The van der Waals surface area contributed by atoms with Crippen molar-refractivity contribution in [2.45, 2.75) is 33.2 Å². The quantitative estimate of drug-likeness (QED) is 0.274. The Morgan fingerprint density at radius 2 is 1.67 bits per heavy atom. The fourth-order valence-corrected chi connectivity index (χ4v) is 4.24. The molecule has 0 aromatic heterocycles. The summed E-state index contributed by atoms with van der Waals surface area (Å²) in [5, 5.41) is 11.1. The van der Waals surface area contributed by atoms with E-state index in [0.717, 1.165) is 35.3 Å². The number of halogens is 1. The molecule has 1 amide bonds. The minimum atomic E-state index is -0.663. The zero-order valence-electron chi connectivity index (χ0n) is 19.4. The van der Waals surface area contributed by atoms with Crippen molar-refractivity contribution < 1.29 is 19.4 Å². The van der Waals surface area contributed by atoms with Crippen molar-refractivity contribution in [2.24, 2.45) is 0 Å². The molecule has 176 valence electrons. The third-order valence-corrected chi connectivity index (χ3v) is 6.41. The molecule has 1 atom stereocenters. The highest BCUT2D eigenvalue weighted by Gasteiger charge is 2.45. The Labute approximate surface area is 204 Å². The van der Waals surface area contributed by atoms with Crippen molar-refractivity contribution in [1.29, 1.82) is 0 Å². The number of ether oxygens (including phenoxy) is 1. The molecule has 1 N–H and O–H groups in total. The number of aliphatic hydroxyl groups is 1. The van der Waals surface area contributed by atoms with Crippen molar-refractivity contribution in [1.82, 2.24) is 9.80 Å². The van der Waals surface area contributed by atoms with Crippen LogP contribution in [-0.2, 0) is 9.59 Å². The van der Waals surface area contributed by atoms with Crippen molar-refractivity contribution in [3.8, 4) is 5.75 Å². The minimum absolute atomic E-state index is 0.115. The summed E-state index contributed by atoms with van der Waals surface area (Å²) in [6.07, 6.45) is 0.903. The average Bonchev–Trinajstić information content (AvgIpc) is 3.08. The second-order valence-corrected chi connectivity index (χ2v) is 8.86. The second-order valence-electron chi connectivity index (χ2n) is 7.94. The summed E-state index contributed by atoms with van der Waals surface area (Å²) in [7, 11) is 0. The summed E-state index contributed by atoms with van der Waals surface area (Å²) in [5.74, 6) is -0.681. The zero-order valence-corrected chi connectivity index (χ0v) is 21.0.